The summed E-state index contributed by atoms with van der Waals surface area (Å²) in [7, 11) is 1.89. The molecule has 1 heterocycles. The minimum Gasteiger partial charge on any atom is -0.441 e. The average molecular weight is 244 g/mol. The van der Waals surface area contributed by atoms with Crippen LogP contribution < -0.4 is 5.32 Å². The third-order valence-corrected chi connectivity index (χ3v) is 3.61. The second-order valence-electron chi connectivity index (χ2n) is 5.06. The van der Waals surface area contributed by atoms with Gasteiger partial charge >= 0.3 is 0 Å². The molecule has 2 aromatic rings. The van der Waals surface area contributed by atoms with E-state index in [0.29, 0.717) is 11.5 Å². The number of fused-ring (bicyclic) bond motifs is 1. The smallest absolute Gasteiger partial charge is 0.192 e. The normalized spacial score (nSPS) is 17.0. The number of benzene rings is 1. The molecule has 0 spiro atoms. The topological polar surface area (TPSA) is 55.1 Å². The quantitative estimate of drug-likeness (QED) is 0.838. The van der Waals surface area contributed by atoms with Crippen LogP contribution in [-0.4, -0.2) is 24.4 Å². The van der Waals surface area contributed by atoms with Gasteiger partial charge in [-0.05, 0) is 38.1 Å². The second-order valence-corrected chi connectivity index (χ2v) is 5.06. The molecule has 1 fully saturated rings. The fourth-order valence-corrected chi connectivity index (χ4v) is 2.46. The monoisotopic (exact) mass is 244 g/mol. The van der Waals surface area contributed by atoms with Gasteiger partial charge in [-0.3, -0.25) is 4.79 Å². The van der Waals surface area contributed by atoms with E-state index in [1.54, 1.807) is 0 Å². The largest absolute Gasteiger partial charge is 0.441 e. The molecule has 18 heavy (non-hydrogen) atoms. The van der Waals surface area contributed by atoms with Crippen LogP contribution in [0.2, 0.25) is 0 Å². The standard InChI is InChI=1S/C14H16N2O2/c1-9-16-11-4-3-10(7-12(11)18-9)13(17)14(5-6-14)8-15-2/h3-4,7,15H,5-6,8H2,1-2H3. The Morgan fingerprint density at radius 3 is 2.94 bits per heavy atom. The maximum absolute atomic E-state index is 12.5. The molecule has 1 N–H and O–H groups in total. The molecule has 1 saturated carbocycles. The summed E-state index contributed by atoms with van der Waals surface area (Å²) in [4.78, 5) is 16.7. The molecule has 0 radical (unpaired) electrons. The molecule has 1 aromatic heterocycles. The first-order valence-electron chi connectivity index (χ1n) is 6.21. The van der Waals surface area contributed by atoms with Crippen molar-refractivity contribution in [2.24, 2.45) is 5.41 Å². The first-order valence-corrected chi connectivity index (χ1v) is 6.21. The van der Waals surface area contributed by atoms with Crippen LogP contribution >= 0.6 is 0 Å². The molecule has 4 nitrogen and oxygen atoms in total. The zero-order valence-corrected chi connectivity index (χ0v) is 10.6. The van der Waals surface area contributed by atoms with Gasteiger partial charge in [-0.15, -0.1) is 0 Å². The van der Waals surface area contributed by atoms with Crippen molar-refractivity contribution < 1.29 is 9.21 Å². The molecule has 0 aliphatic heterocycles. The number of oxazole rings is 1. The lowest BCUT2D eigenvalue weighted by molar-refractivity contribution is 0.0900. The second kappa shape index (κ2) is 3.92. The highest BCUT2D eigenvalue weighted by Gasteiger charge is 2.49. The zero-order chi connectivity index (χ0) is 12.8. The molecule has 1 aromatic carbocycles. The van der Waals surface area contributed by atoms with Gasteiger partial charge in [0.15, 0.2) is 17.3 Å². The van der Waals surface area contributed by atoms with Gasteiger partial charge in [-0.1, -0.05) is 0 Å². The third kappa shape index (κ3) is 1.73. The number of aromatic nitrogens is 1. The van der Waals surface area contributed by atoms with Gasteiger partial charge in [0.05, 0.1) is 0 Å². The van der Waals surface area contributed by atoms with Crippen molar-refractivity contribution in [3.63, 3.8) is 0 Å². The lowest BCUT2D eigenvalue weighted by Crippen LogP contribution is -2.27. The van der Waals surface area contributed by atoms with Crippen LogP contribution in [0, 0.1) is 12.3 Å². The molecule has 94 valence electrons. The van der Waals surface area contributed by atoms with Gasteiger partial charge in [0.2, 0.25) is 0 Å². The lowest BCUT2D eigenvalue weighted by atomic mass is 9.94. The average Bonchev–Trinajstić information content (AvgIpc) is 3.02. The molecule has 0 saturated heterocycles. The van der Waals surface area contributed by atoms with Gasteiger partial charge in [-0.2, -0.15) is 0 Å². The number of aryl methyl sites for hydroxylation is 1. The molecule has 1 aliphatic carbocycles. The lowest BCUT2D eigenvalue weighted by Gasteiger charge is -2.12. The summed E-state index contributed by atoms with van der Waals surface area (Å²) in [5, 5.41) is 3.11. The van der Waals surface area contributed by atoms with Crippen LogP contribution in [0.4, 0.5) is 0 Å². The molecule has 1 aliphatic rings. The number of Topliss-reactive ketones (excluding diaryl/α,β-unsaturated/α-hetero) is 1. The molecule has 0 atom stereocenters. The molecule has 0 bridgehead atoms. The van der Waals surface area contributed by atoms with Gasteiger partial charge in [0.25, 0.3) is 0 Å². The maximum atomic E-state index is 12.5. The van der Waals surface area contributed by atoms with Crippen molar-refractivity contribution in [1.29, 1.82) is 0 Å². The maximum Gasteiger partial charge on any atom is 0.192 e. The van der Waals surface area contributed by atoms with Crippen LogP contribution in [0.1, 0.15) is 29.1 Å². The fraction of sp³-hybridized carbons (Fsp3) is 0.429. The van der Waals surface area contributed by atoms with E-state index < -0.39 is 0 Å². The van der Waals surface area contributed by atoms with E-state index in [1.165, 1.54) is 0 Å². The van der Waals surface area contributed by atoms with Crippen molar-refractivity contribution in [2.45, 2.75) is 19.8 Å². The van der Waals surface area contributed by atoms with Crippen LogP contribution in [0.15, 0.2) is 22.6 Å². The van der Waals surface area contributed by atoms with Crippen LogP contribution in [0.5, 0.6) is 0 Å². The summed E-state index contributed by atoms with van der Waals surface area (Å²) in [6.07, 6.45) is 1.94. The molecule has 4 heteroatoms. The van der Waals surface area contributed by atoms with Gasteiger partial charge in [0.1, 0.15) is 5.52 Å². The molecule has 0 amide bonds. The van der Waals surface area contributed by atoms with E-state index in [0.717, 1.165) is 30.5 Å². The van der Waals surface area contributed by atoms with Gasteiger partial charge in [-0.25, -0.2) is 4.98 Å². The zero-order valence-electron chi connectivity index (χ0n) is 10.6. The Bertz CT molecular complexity index is 611. The predicted octanol–water partition coefficient (Wildman–Crippen LogP) is 2.32. The highest BCUT2D eigenvalue weighted by Crippen LogP contribution is 2.47. The van der Waals surface area contributed by atoms with Gasteiger partial charge in [0, 0.05) is 24.4 Å². The summed E-state index contributed by atoms with van der Waals surface area (Å²) in [5.41, 5.74) is 2.05. The Morgan fingerprint density at radius 2 is 2.28 bits per heavy atom. The number of rotatable bonds is 4. The van der Waals surface area contributed by atoms with Crippen molar-refractivity contribution in [3.8, 4) is 0 Å². The van der Waals surface area contributed by atoms with E-state index in [4.69, 9.17) is 4.42 Å². The third-order valence-electron chi connectivity index (χ3n) is 3.61. The molecule has 0 unspecified atom stereocenters. The number of carbonyl (C=O) groups excluding carboxylic acids is 1. The van der Waals surface area contributed by atoms with Gasteiger partial charge < -0.3 is 9.73 Å². The number of nitrogens with one attached hydrogen (secondary N) is 1. The minimum absolute atomic E-state index is 0.183. The van der Waals surface area contributed by atoms with Crippen LogP contribution in [0.25, 0.3) is 11.1 Å². The van der Waals surface area contributed by atoms with E-state index >= 15 is 0 Å². The SMILES string of the molecule is CNCC1(C(=O)c2ccc3nc(C)oc3c2)CC1. The van der Waals surface area contributed by atoms with E-state index in [-0.39, 0.29) is 11.2 Å². The number of nitrogens with zero attached hydrogens (tertiary/aromatic N) is 1. The first kappa shape index (κ1) is 11.4. The fourth-order valence-electron chi connectivity index (χ4n) is 2.46. The number of hydrogen-bond donors (Lipinski definition) is 1. The van der Waals surface area contributed by atoms with Crippen molar-refractivity contribution in [3.05, 3.63) is 29.7 Å². The Kier molecular flexibility index (Phi) is 2.48. The number of hydrogen-bond acceptors (Lipinski definition) is 4. The van der Waals surface area contributed by atoms with Crippen molar-refractivity contribution in [2.75, 3.05) is 13.6 Å². The van der Waals surface area contributed by atoms with E-state index in [2.05, 4.69) is 10.3 Å². The number of ketones is 1. The molecular weight excluding hydrogens is 228 g/mol. The number of carbonyl (C=O) groups is 1. The Balaban J connectivity index is 1.96. The Hall–Kier alpha value is -1.68. The predicted molar refractivity (Wildman–Crippen MR) is 68.7 cm³/mol. The summed E-state index contributed by atoms with van der Waals surface area (Å²) < 4.78 is 5.47. The van der Waals surface area contributed by atoms with Crippen LogP contribution in [-0.2, 0) is 0 Å². The van der Waals surface area contributed by atoms with E-state index in [9.17, 15) is 4.79 Å². The Labute approximate surface area is 105 Å². The summed E-state index contributed by atoms with van der Waals surface area (Å²) in [6, 6.07) is 5.52. The summed E-state index contributed by atoms with van der Waals surface area (Å²) in [5.74, 6) is 0.846. The van der Waals surface area contributed by atoms with Crippen molar-refractivity contribution in [1.82, 2.24) is 10.3 Å². The minimum atomic E-state index is -0.183. The first-order chi connectivity index (χ1) is 8.64. The Morgan fingerprint density at radius 1 is 1.50 bits per heavy atom. The van der Waals surface area contributed by atoms with Crippen molar-refractivity contribution >= 4 is 16.9 Å². The molecule has 3 rings (SSSR count). The molecular formula is C14H16N2O2. The summed E-state index contributed by atoms with van der Waals surface area (Å²) in [6.45, 7) is 2.56. The van der Waals surface area contributed by atoms with E-state index in [1.807, 2.05) is 32.2 Å². The highest BCUT2D eigenvalue weighted by molar-refractivity contribution is 6.04. The van der Waals surface area contributed by atoms with Crippen LogP contribution in [0.3, 0.4) is 0 Å². The highest BCUT2D eigenvalue weighted by atomic mass is 16.3. The summed E-state index contributed by atoms with van der Waals surface area (Å²) >= 11 is 0.